The summed E-state index contributed by atoms with van der Waals surface area (Å²) in [6, 6.07) is 14.5. The van der Waals surface area contributed by atoms with Crippen LogP contribution in [0.5, 0.6) is 0 Å². The van der Waals surface area contributed by atoms with Gasteiger partial charge in [-0.1, -0.05) is 29.8 Å². The van der Waals surface area contributed by atoms with Crippen molar-refractivity contribution in [3.05, 3.63) is 94.0 Å². The van der Waals surface area contributed by atoms with Gasteiger partial charge >= 0.3 is 5.97 Å². The summed E-state index contributed by atoms with van der Waals surface area (Å²) in [4.78, 5) is 33.4. The van der Waals surface area contributed by atoms with Crippen LogP contribution in [-0.2, 0) is 16.1 Å². The van der Waals surface area contributed by atoms with Crippen LogP contribution in [0.4, 0.5) is 15.8 Å². The van der Waals surface area contributed by atoms with Crippen molar-refractivity contribution in [2.45, 2.75) is 20.5 Å². The minimum absolute atomic E-state index is 0.0432. The van der Waals surface area contributed by atoms with Gasteiger partial charge in [-0.15, -0.1) is 0 Å². The van der Waals surface area contributed by atoms with Crippen LogP contribution in [-0.4, -0.2) is 16.9 Å². The van der Waals surface area contributed by atoms with E-state index in [0.717, 1.165) is 6.07 Å². The number of ether oxygens (including phenoxy) is 1. The molecule has 2 aromatic heterocycles. The lowest BCUT2D eigenvalue weighted by molar-refractivity contribution is -0.142. The van der Waals surface area contributed by atoms with E-state index >= 15 is 0 Å². The molecule has 0 unspecified atom stereocenters. The van der Waals surface area contributed by atoms with Gasteiger partial charge in [0, 0.05) is 29.8 Å². The van der Waals surface area contributed by atoms with Gasteiger partial charge in [-0.05, 0) is 43.3 Å². The first-order chi connectivity index (χ1) is 16.3. The maximum absolute atomic E-state index is 13.5. The van der Waals surface area contributed by atoms with Gasteiger partial charge in [-0.25, -0.2) is 9.38 Å². The number of amides is 1. The molecule has 4 rings (SSSR count). The van der Waals surface area contributed by atoms with E-state index in [-0.39, 0.29) is 22.7 Å². The number of rotatable bonds is 5. The summed E-state index contributed by atoms with van der Waals surface area (Å²) in [5.41, 5.74) is 2.58. The fourth-order valence-corrected chi connectivity index (χ4v) is 3.40. The first-order valence-corrected chi connectivity index (χ1v) is 10.6. The predicted octanol–water partition coefficient (Wildman–Crippen LogP) is 5.48. The van der Waals surface area contributed by atoms with E-state index in [2.05, 4.69) is 15.3 Å². The fraction of sp³-hybridized carbons (Fsp3) is 0.120. The maximum Gasteiger partial charge on any atom is 0.302 e. The molecule has 0 aliphatic rings. The van der Waals surface area contributed by atoms with Crippen LogP contribution >= 0.6 is 11.6 Å². The van der Waals surface area contributed by atoms with E-state index in [1.165, 1.54) is 19.1 Å². The van der Waals surface area contributed by atoms with E-state index < -0.39 is 17.7 Å². The van der Waals surface area contributed by atoms with Gasteiger partial charge in [0.15, 0.2) is 5.58 Å². The summed E-state index contributed by atoms with van der Waals surface area (Å²) in [5.74, 6) is -1.60. The molecule has 0 bridgehead atoms. The number of para-hydroxylation sites is 1. The number of carbonyl (C=O) groups is 2. The zero-order valence-electron chi connectivity index (χ0n) is 18.3. The number of esters is 1. The molecule has 2 heterocycles. The van der Waals surface area contributed by atoms with Crippen LogP contribution in [0.3, 0.4) is 0 Å². The summed E-state index contributed by atoms with van der Waals surface area (Å²) in [6.07, 6.45) is 1.56. The Kier molecular flexibility index (Phi) is 6.70. The Bertz CT molecular complexity index is 1470. The Labute approximate surface area is 198 Å². The lowest BCUT2D eigenvalue weighted by Gasteiger charge is -2.11. The number of nitrogens with zero attached hydrogens (tertiary/aromatic N) is 2. The molecule has 0 spiro atoms. The molecule has 172 valence electrons. The number of hydrogen-bond donors (Lipinski definition) is 1. The van der Waals surface area contributed by atoms with Crippen LogP contribution < -0.4 is 10.9 Å². The normalized spacial score (nSPS) is 11.5. The number of anilines is 1. The van der Waals surface area contributed by atoms with Crippen LogP contribution in [0, 0.1) is 12.7 Å². The van der Waals surface area contributed by atoms with E-state index in [9.17, 15) is 14.0 Å². The largest absolute Gasteiger partial charge is 0.461 e. The highest BCUT2D eigenvalue weighted by molar-refractivity contribution is 6.31. The lowest BCUT2D eigenvalue weighted by atomic mass is 10.1. The standard InChI is InChI=1S/C25H19ClFN3O4/c1-14-23-19(16(12-28-14)13-33-15(2)31)11-20(25(34-23)30-17-6-4-3-5-7-17)24(32)29-18-8-9-22(27)21(26)10-18/h3-12H,13H2,1-2H3,(H,29,32). The van der Waals surface area contributed by atoms with Crippen LogP contribution in [0.2, 0.25) is 5.02 Å². The molecule has 4 aromatic rings. The maximum atomic E-state index is 13.5. The highest BCUT2D eigenvalue weighted by Gasteiger charge is 2.17. The SMILES string of the molecule is CC(=O)OCc1cnc(C)c2oc(=Nc3ccccc3)c(C(=O)Nc3ccc(F)c(Cl)c3)cc12. The van der Waals surface area contributed by atoms with Crippen molar-refractivity contribution in [2.24, 2.45) is 4.99 Å². The summed E-state index contributed by atoms with van der Waals surface area (Å²) >= 11 is 5.85. The predicted molar refractivity (Wildman–Crippen MR) is 125 cm³/mol. The molecule has 1 amide bonds. The molecule has 0 atom stereocenters. The first-order valence-electron chi connectivity index (χ1n) is 10.2. The molecule has 9 heteroatoms. The van der Waals surface area contributed by atoms with E-state index in [4.69, 9.17) is 20.8 Å². The monoisotopic (exact) mass is 479 g/mol. The van der Waals surface area contributed by atoms with Crippen molar-refractivity contribution < 1.29 is 23.1 Å². The van der Waals surface area contributed by atoms with E-state index in [1.54, 1.807) is 31.3 Å². The topological polar surface area (TPSA) is 93.8 Å². The number of fused-ring (bicyclic) bond motifs is 1. The van der Waals surface area contributed by atoms with Crippen LogP contribution in [0.25, 0.3) is 11.0 Å². The number of aromatic nitrogens is 1. The summed E-state index contributed by atoms with van der Waals surface area (Å²) in [7, 11) is 0. The molecule has 7 nitrogen and oxygen atoms in total. The van der Waals surface area contributed by atoms with E-state index in [0.29, 0.717) is 33.6 Å². The molecular formula is C25H19ClFN3O4. The quantitative estimate of drug-likeness (QED) is 0.383. The van der Waals surface area contributed by atoms with E-state index in [1.807, 2.05) is 18.2 Å². The highest BCUT2D eigenvalue weighted by atomic mass is 35.5. The van der Waals surface area contributed by atoms with Crippen molar-refractivity contribution in [3.8, 4) is 0 Å². The second-order valence-corrected chi connectivity index (χ2v) is 7.79. The van der Waals surface area contributed by atoms with Gasteiger partial charge in [0.2, 0.25) is 5.55 Å². The van der Waals surface area contributed by atoms with Crippen molar-refractivity contribution >= 4 is 45.8 Å². The molecule has 0 radical (unpaired) electrons. The first kappa shape index (κ1) is 23.1. The minimum atomic E-state index is -0.599. The average Bonchev–Trinajstić information content (AvgIpc) is 2.81. The minimum Gasteiger partial charge on any atom is -0.461 e. The van der Waals surface area contributed by atoms with Gasteiger partial charge in [0.05, 0.1) is 16.4 Å². The summed E-state index contributed by atoms with van der Waals surface area (Å²) < 4.78 is 24.7. The average molecular weight is 480 g/mol. The molecule has 0 aliphatic heterocycles. The summed E-state index contributed by atoms with van der Waals surface area (Å²) in [5, 5.41) is 3.11. The fourth-order valence-electron chi connectivity index (χ4n) is 3.22. The van der Waals surface area contributed by atoms with Gasteiger partial charge in [-0.3, -0.25) is 14.6 Å². The van der Waals surface area contributed by atoms with Crippen molar-refractivity contribution in [1.82, 2.24) is 4.98 Å². The second kappa shape index (κ2) is 9.84. The number of pyridine rings is 1. The molecular weight excluding hydrogens is 461 g/mol. The number of halogens is 2. The smallest absolute Gasteiger partial charge is 0.302 e. The summed E-state index contributed by atoms with van der Waals surface area (Å²) in [6.45, 7) is 3.02. The zero-order valence-corrected chi connectivity index (χ0v) is 19.0. The number of benzene rings is 2. The van der Waals surface area contributed by atoms with Gasteiger partial charge in [0.1, 0.15) is 18.0 Å². The second-order valence-electron chi connectivity index (χ2n) is 7.39. The zero-order chi connectivity index (χ0) is 24.2. The molecule has 0 fully saturated rings. The molecule has 34 heavy (non-hydrogen) atoms. The number of hydrogen-bond acceptors (Lipinski definition) is 6. The molecule has 2 aromatic carbocycles. The Balaban J connectivity index is 1.88. The Morgan fingerprint density at radius 3 is 2.65 bits per heavy atom. The Morgan fingerprint density at radius 2 is 1.94 bits per heavy atom. The van der Waals surface area contributed by atoms with Crippen molar-refractivity contribution in [3.63, 3.8) is 0 Å². The van der Waals surface area contributed by atoms with Crippen molar-refractivity contribution in [1.29, 1.82) is 0 Å². The van der Waals surface area contributed by atoms with Crippen LogP contribution in [0.1, 0.15) is 28.5 Å². The molecule has 0 saturated carbocycles. The van der Waals surface area contributed by atoms with Gasteiger partial charge in [0.25, 0.3) is 5.91 Å². The Hall–Kier alpha value is -4.04. The number of nitrogens with one attached hydrogen (secondary N) is 1. The number of aryl methyl sites for hydroxylation is 1. The Morgan fingerprint density at radius 1 is 1.18 bits per heavy atom. The number of carbonyl (C=O) groups excluding carboxylic acids is 2. The third-order valence-corrected chi connectivity index (χ3v) is 5.18. The van der Waals surface area contributed by atoms with Gasteiger partial charge < -0.3 is 14.5 Å². The van der Waals surface area contributed by atoms with Gasteiger partial charge in [-0.2, -0.15) is 0 Å². The molecule has 0 saturated heterocycles. The molecule has 1 N–H and O–H groups in total. The van der Waals surface area contributed by atoms with Crippen LogP contribution in [0.15, 0.2) is 70.2 Å². The third kappa shape index (κ3) is 5.13. The third-order valence-electron chi connectivity index (χ3n) is 4.89. The highest BCUT2D eigenvalue weighted by Crippen LogP contribution is 2.24. The molecule has 0 aliphatic carbocycles. The van der Waals surface area contributed by atoms with Crippen molar-refractivity contribution in [2.75, 3.05) is 5.32 Å². The lowest BCUT2D eigenvalue weighted by Crippen LogP contribution is -2.22.